The first kappa shape index (κ1) is 10.5. The lowest BCUT2D eigenvalue weighted by atomic mass is 9.59. The number of fused-ring (bicyclic) bond motifs is 2. The van der Waals surface area contributed by atoms with Crippen molar-refractivity contribution >= 4 is 0 Å². The van der Waals surface area contributed by atoms with Crippen LogP contribution in [0.2, 0.25) is 0 Å². The molecule has 0 amide bonds. The van der Waals surface area contributed by atoms with E-state index in [0.717, 1.165) is 11.8 Å². The molecule has 0 spiro atoms. The summed E-state index contributed by atoms with van der Waals surface area (Å²) in [5.74, 6) is 2.09. The Kier molecular flexibility index (Phi) is 2.88. The summed E-state index contributed by atoms with van der Waals surface area (Å²) in [5, 5.41) is 3.46. The van der Waals surface area contributed by atoms with E-state index in [9.17, 15) is 0 Å². The Morgan fingerprint density at radius 2 is 1.79 bits per heavy atom. The minimum absolute atomic E-state index is 0.572. The van der Waals surface area contributed by atoms with Gasteiger partial charge in [-0.25, -0.2) is 0 Å². The molecule has 1 N–H and O–H groups in total. The van der Waals surface area contributed by atoms with Crippen molar-refractivity contribution in [1.82, 2.24) is 5.32 Å². The predicted molar refractivity (Wildman–Crippen MR) is 61.3 cm³/mol. The van der Waals surface area contributed by atoms with Crippen molar-refractivity contribution in [3.05, 3.63) is 0 Å². The van der Waals surface area contributed by atoms with E-state index in [2.05, 4.69) is 26.2 Å². The SMILES string of the molecule is CNC(C)C1(C)CC2CCCC(C2)C1. The van der Waals surface area contributed by atoms with Gasteiger partial charge in [-0.3, -0.25) is 0 Å². The van der Waals surface area contributed by atoms with E-state index in [1.807, 2.05) is 0 Å². The maximum absolute atomic E-state index is 3.46. The van der Waals surface area contributed by atoms with Gasteiger partial charge in [0, 0.05) is 6.04 Å². The minimum atomic E-state index is 0.572. The first-order chi connectivity index (χ1) is 6.64. The van der Waals surface area contributed by atoms with Crippen LogP contribution in [0, 0.1) is 17.3 Å². The van der Waals surface area contributed by atoms with E-state index >= 15 is 0 Å². The normalized spacial score (nSPS) is 44.8. The lowest BCUT2D eigenvalue weighted by Crippen LogP contribution is -2.45. The van der Waals surface area contributed by atoms with Crippen molar-refractivity contribution in [2.75, 3.05) is 7.05 Å². The van der Waals surface area contributed by atoms with Gasteiger partial charge in [0.25, 0.3) is 0 Å². The van der Waals surface area contributed by atoms with E-state index in [1.165, 1.54) is 38.5 Å². The van der Waals surface area contributed by atoms with Crippen LogP contribution in [0.3, 0.4) is 0 Å². The third-order valence-corrected chi connectivity index (χ3v) is 4.88. The first-order valence-corrected chi connectivity index (χ1v) is 6.31. The molecule has 1 heteroatoms. The molecule has 3 unspecified atom stereocenters. The third-order valence-electron chi connectivity index (χ3n) is 4.88. The lowest BCUT2D eigenvalue weighted by Gasteiger charge is -2.48. The summed E-state index contributed by atoms with van der Waals surface area (Å²) in [6.45, 7) is 4.86. The molecule has 0 saturated heterocycles. The van der Waals surface area contributed by atoms with Gasteiger partial charge in [-0.15, -0.1) is 0 Å². The summed E-state index contributed by atoms with van der Waals surface area (Å²) in [6.07, 6.45) is 8.97. The van der Waals surface area contributed by atoms with Crippen molar-refractivity contribution in [1.29, 1.82) is 0 Å². The summed E-state index contributed by atoms with van der Waals surface area (Å²) in [7, 11) is 2.11. The monoisotopic (exact) mass is 195 g/mol. The van der Waals surface area contributed by atoms with Gasteiger partial charge in [0.15, 0.2) is 0 Å². The predicted octanol–water partition coefficient (Wildman–Crippen LogP) is 3.20. The molecule has 0 aromatic heterocycles. The maximum Gasteiger partial charge on any atom is 0.00897 e. The second-order valence-electron chi connectivity index (χ2n) is 5.97. The lowest BCUT2D eigenvalue weighted by molar-refractivity contribution is 0.0446. The third kappa shape index (κ3) is 1.84. The highest BCUT2D eigenvalue weighted by atomic mass is 14.9. The van der Waals surface area contributed by atoms with Crippen molar-refractivity contribution in [3.8, 4) is 0 Å². The molecule has 1 nitrogen and oxygen atoms in total. The molecule has 2 fully saturated rings. The standard InChI is InChI=1S/C13H25N/c1-10(14-3)13(2)8-11-5-4-6-12(7-11)9-13/h10-12,14H,4-9H2,1-3H3. The summed E-state index contributed by atoms with van der Waals surface area (Å²) in [6, 6.07) is 0.686. The summed E-state index contributed by atoms with van der Waals surface area (Å²) >= 11 is 0. The molecule has 0 aliphatic heterocycles. The molecule has 2 aliphatic carbocycles. The molecule has 2 saturated carbocycles. The van der Waals surface area contributed by atoms with Gasteiger partial charge >= 0.3 is 0 Å². The number of nitrogens with one attached hydrogen (secondary N) is 1. The first-order valence-electron chi connectivity index (χ1n) is 6.31. The van der Waals surface area contributed by atoms with E-state index in [4.69, 9.17) is 0 Å². The fourth-order valence-electron chi connectivity index (χ4n) is 3.88. The van der Waals surface area contributed by atoms with Crippen LogP contribution in [0.25, 0.3) is 0 Å². The quantitative estimate of drug-likeness (QED) is 0.713. The topological polar surface area (TPSA) is 12.0 Å². The molecule has 3 atom stereocenters. The Labute approximate surface area is 88.7 Å². The van der Waals surface area contributed by atoms with Crippen molar-refractivity contribution in [2.45, 2.75) is 58.4 Å². The Morgan fingerprint density at radius 3 is 2.29 bits per heavy atom. The summed E-state index contributed by atoms with van der Waals surface area (Å²) in [5.41, 5.74) is 0.572. The molecular formula is C13H25N. The minimum Gasteiger partial charge on any atom is -0.317 e. The zero-order valence-corrected chi connectivity index (χ0v) is 9.97. The van der Waals surface area contributed by atoms with Crippen LogP contribution in [0.15, 0.2) is 0 Å². The van der Waals surface area contributed by atoms with Gasteiger partial charge in [-0.1, -0.05) is 26.2 Å². The number of rotatable bonds is 2. The average Bonchev–Trinajstić information content (AvgIpc) is 2.15. The van der Waals surface area contributed by atoms with E-state index in [0.29, 0.717) is 11.5 Å². The fourth-order valence-corrected chi connectivity index (χ4v) is 3.88. The second kappa shape index (κ2) is 3.84. The van der Waals surface area contributed by atoms with Gasteiger partial charge < -0.3 is 5.32 Å². The molecule has 14 heavy (non-hydrogen) atoms. The van der Waals surface area contributed by atoms with Crippen molar-refractivity contribution < 1.29 is 0 Å². The van der Waals surface area contributed by atoms with Crippen LogP contribution in [0.4, 0.5) is 0 Å². The average molecular weight is 195 g/mol. The Balaban J connectivity index is 2.06. The Hall–Kier alpha value is -0.0400. The smallest absolute Gasteiger partial charge is 0.00897 e. The zero-order valence-electron chi connectivity index (χ0n) is 9.97. The highest BCUT2D eigenvalue weighted by Crippen LogP contribution is 2.49. The van der Waals surface area contributed by atoms with E-state index in [1.54, 1.807) is 0 Å². The van der Waals surface area contributed by atoms with Crippen LogP contribution in [-0.2, 0) is 0 Å². The fraction of sp³-hybridized carbons (Fsp3) is 1.00. The Morgan fingerprint density at radius 1 is 1.21 bits per heavy atom. The Bertz CT molecular complexity index is 187. The van der Waals surface area contributed by atoms with E-state index in [-0.39, 0.29) is 0 Å². The molecular weight excluding hydrogens is 170 g/mol. The molecule has 0 radical (unpaired) electrons. The molecule has 0 aromatic rings. The van der Waals surface area contributed by atoms with E-state index < -0.39 is 0 Å². The van der Waals surface area contributed by atoms with Crippen LogP contribution in [0.5, 0.6) is 0 Å². The molecule has 0 aromatic carbocycles. The van der Waals surface area contributed by atoms with Gasteiger partial charge in [0.2, 0.25) is 0 Å². The summed E-state index contributed by atoms with van der Waals surface area (Å²) in [4.78, 5) is 0. The van der Waals surface area contributed by atoms with Crippen molar-refractivity contribution in [2.24, 2.45) is 17.3 Å². The van der Waals surface area contributed by atoms with Crippen molar-refractivity contribution in [3.63, 3.8) is 0 Å². The van der Waals surface area contributed by atoms with Crippen LogP contribution in [-0.4, -0.2) is 13.1 Å². The van der Waals surface area contributed by atoms with Crippen LogP contribution in [0.1, 0.15) is 52.4 Å². The molecule has 2 rings (SSSR count). The number of hydrogen-bond acceptors (Lipinski definition) is 1. The number of hydrogen-bond donors (Lipinski definition) is 1. The maximum atomic E-state index is 3.46. The molecule has 82 valence electrons. The molecule has 2 bridgehead atoms. The second-order valence-corrected chi connectivity index (χ2v) is 5.97. The van der Waals surface area contributed by atoms with Gasteiger partial charge in [0.1, 0.15) is 0 Å². The highest BCUT2D eigenvalue weighted by Gasteiger charge is 2.41. The zero-order chi connectivity index (χ0) is 10.2. The summed E-state index contributed by atoms with van der Waals surface area (Å²) < 4.78 is 0. The van der Waals surface area contributed by atoms with Gasteiger partial charge in [0.05, 0.1) is 0 Å². The van der Waals surface area contributed by atoms with Gasteiger partial charge in [-0.2, -0.15) is 0 Å². The van der Waals surface area contributed by atoms with Crippen LogP contribution < -0.4 is 5.32 Å². The molecule has 0 heterocycles. The largest absolute Gasteiger partial charge is 0.317 e. The molecule has 2 aliphatic rings. The van der Waals surface area contributed by atoms with Gasteiger partial charge in [-0.05, 0) is 50.5 Å². The highest BCUT2D eigenvalue weighted by molar-refractivity contribution is 4.94. The van der Waals surface area contributed by atoms with Crippen LogP contribution >= 0.6 is 0 Å².